The molecule has 0 N–H and O–H groups in total. The van der Waals surface area contributed by atoms with Crippen molar-refractivity contribution in [1.29, 1.82) is 0 Å². The van der Waals surface area contributed by atoms with Gasteiger partial charge in [-0.25, -0.2) is 15.0 Å². The zero-order valence-corrected chi connectivity index (χ0v) is 12.9. The van der Waals surface area contributed by atoms with Gasteiger partial charge in [0.15, 0.2) is 5.82 Å². The van der Waals surface area contributed by atoms with Gasteiger partial charge in [0.05, 0.1) is 22.7 Å². The van der Waals surface area contributed by atoms with E-state index in [4.69, 9.17) is 11.6 Å². The fourth-order valence-electron chi connectivity index (χ4n) is 2.10. The number of halogens is 2. The Balaban J connectivity index is 2.06. The average Bonchev–Trinajstić information content (AvgIpc) is 3.12. The zero-order valence-electron chi connectivity index (χ0n) is 10.6. The molecule has 1 saturated carbocycles. The van der Waals surface area contributed by atoms with Crippen molar-refractivity contribution in [2.75, 3.05) is 0 Å². The molecule has 0 unspecified atom stereocenters. The largest absolute Gasteiger partial charge is 0.325 e. The normalized spacial score (nSPS) is 14.9. The molecule has 1 fully saturated rings. The Morgan fingerprint density at radius 1 is 1.42 bits per heavy atom. The molecule has 0 bridgehead atoms. The van der Waals surface area contributed by atoms with Gasteiger partial charge in [-0.05, 0) is 35.2 Å². The van der Waals surface area contributed by atoms with Gasteiger partial charge in [0.2, 0.25) is 0 Å². The lowest BCUT2D eigenvalue weighted by Crippen LogP contribution is -2.02. The minimum atomic E-state index is 0.469. The van der Waals surface area contributed by atoms with Crippen LogP contribution >= 0.6 is 27.5 Å². The third-order valence-electron chi connectivity index (χ3n) is 3.20. The quantitative estimate of drug-likeness (QED) is 0.788. The highest BCUT2D eigenvalue weighted by Gasteiger charge is 2.27. The Kier molecular flexibility index (Phi) is 3.58. The van der Waals surface area contributed by atoms with Crippen molar-refractivity contribution < 1.29 is 0 Å². The number of nitrogens with zero attached hydrogens (tertiary/aromatic N) is 4. The SMILES string of the molecule is CCCc1nc(-c2cncn2C2CC2)nc(Cl)c1Br. The second kappa shape index (κ2) is 5.21. The van der Waals surface area contributed by atoms with E-state index < -0.39 is 0 Å². The summed E-state index contributed by atoms with van der Waals surface area (Å²) in [4.78, 5) is 13.2. The van der Waals surface area contributed by atoms with Crippen molar-refractivity contribution in [3.63, 3.8) is 0 Å². The van der Waals surface area contributed by atoms with Gasteiger partial charge in [0.1, 0.15) is 10.8 Å². The van der Waals surface area contributed by atoms with E-state index in [1.165, 1.54) is 12.8 Å². The zero-order chi connectivity index (χ0) is 13.4. The molecule has 0 atom stereocenters. The Hall–Kier alpha value is -0.940. The number of rotatable bonds is 4. The van der Waals surface area contributed by atoms with Crippen LogP contribution < -0.4 is 0 Å². The summed E-state index contributed by atoms with van der Waals surface area (Å²) in [5.41, 5.74) is 1.91. The van der Waals surface area contributed by atoms with Crippen molar-refractivity contribution in [1.82, 2.24) is 19.5 Å². The molecule has 6 heteroatoms. The molecular formula is C13H14BrClN4. The van der Waals surface area contributed by atoms with Gasteiger partial charge in [0.25, 0.3) is 0 Å². The highest BCUT2D eigenvalue weighted by Crippen LogP contribution is 2.38. The lowest BCUT2D eigenvalue weighted by atomic mass is 10.2. The van der Waals surface area contributed by atoms with Gasteiger partial charge in [-0.3, -0.25) is 0 Å². The summed E-state index contributed by atoms with van der Waals surface area (Å²) >= 11 is 9.65. The highest BCUT2D eigenvalue weighted by atomic mass is 79.9. The first-order valence-electron chi connectivity index (χ1n) is 6.44. The summed E-state index contributed by atoms with van der Waals surface area (Å²) in [7, 11) is 0. The molecular weight excluding hydrogens is 328 g/mol. The molecule has 0 aromatic carbocycles. The molecule has 2 heterocycles. The van der Waals surface area contributed by atoms with Gasteiger partial charge in [0, 0.05) is 6.04 Å². The highest BCUT2D eigenvalue weighted by molar-refractivity contribution is 9.10. The molecule has 4 nitrogen and oxygen atoms in total. The molecule has 0 saturated heterocycles. The number of aryl methyl sites for hydroxylation is 1. The summed E-state index contributed by atoms with van der Waals surface area (Å²) in [6.07, 6.45) is 7.98. The van der Waals surface area contributed by atoms with E-state index in [1.54, 1.807) is 0 Å². The van der Waals surface area contributed by atoms with E-state index in [-0.39, 0.29) is 0 Å². The topological polar surface area (TPSA) is 43.6 Å². The first-order chi connectivity index (χ1) is 9.20. The van der Waals surface area contributed by atoms with E-state index >= 15 is 0 Å². The molecule has 0 amide bonds. The van der Waals surface area contributed by atoms with Crippen molar-refractivity contribution in [3.05, 3.63) is 27.8 Å². The minimum absolute atomic E-state index is 0.469. The number of aromatic nitrogens is 4. The maximum Gasteiger partial charge on any atom is 0.179 e. The standard InChI is InChI=1S/C13H14BrClN4/c1-2-3-9-11(14)12(15)18-13(17-9)10-6-16-7-19(10)8-4-5-8/h6-8H,2-5H2,1H3. The van der Waals surface area contributed by atoms with Crippen LogP contribution in [0.4, 0.5) is 0 Å². The fourth-order valence-corrected chi connectivity index (χ4v) is 2.67. The lowest BCUT2D eigenvalue weighted by molar-refractivity contribution is 0.741. The second-order valence-electron chi connectivity index (χ2n) is 4.77. The lowest BCUT2D eigenvalue weighted by Gasteiger charge is -2.09. The molecule has 2 aromatic rings. The third kappa shape index (κ3) is 2.54. The molecule has 0 radical (unpaired) electrons. The Bertz CT molecular complexity index is 607. The smallest absolute Gasteiger partial charge is 0.179 e. The molecule has 19 heavy (non-hydrogen) atoms. The molecule has 1 aliphatic carbocycles. The van der Waals surface area contributed by atoms with Crippen LogP contribution in [-0.4, -0.2) is 19.5 Å². The van der Waals surface area contributed by atoms with Crippen molar-refractivity contribution in [2.45, 2.75) is 38.6 Å². The number of imidazole rings is 1. The third-order valence-corrected chi connectivity index (χ3v) is 4.54. The van der Waals surface area contributed by atoms with E-state index in [0.717, 1.165) is 28.7 Å². The monoisotopic (exact) mass is 340 g/mol. The van der Waals surface area contributed by atoms with Crippen LogP contribution in [0.3, 0.4) is 0 Å². The first-order valence-corrected chi connectivity index (χ1v) is 7.62. The van der Waals surface area contributed by atoms with E-state index in [0.29, 0.717) is 17.0 Å². The van der Waals surface area contributed by atoms with E-state index in [9.17, 15) is 0 Å². The maximum atomic E-state index is 6.19. The first kappa shape index (κ1) is 13.1. The van der Waals surface area contributed by atoms with E-state index in [1.807, 2.05) is 12.5 Å². The Labute approximate surface area is 125 Å². The maximum absolute atomic E-state index is 6.19. The minimum Gasteiger partial charge on any atom is -0.325 e. The molecule has 100 valence electrons. The summed E-state index contributed by atoms with van der Waals surface area (Å²) in [5.74, 6) is 0.668. The molecule has 2 aromatic heterocycles. The van der Waals surface area contributed by atoms with Crippen molar-refractivity contribution in [3.8, 4) is 11.5 Å². The molecule has 1 aliphatic rings. The Morgan fingerprint density at radius 3 is 2.89 bits per heavy atom. The van der Waals surface area contributed by atoms with Gasteiger partial charge in [-0.15, -0.1) is 0 Å². The van der Waals surface area contributed by atoms with Crippen LogP contribution in [0.2, 0.25) is 5.15 Å². The van der Waals surface area contributed by atoms with Crippen LogP contribution in [0.1, 0.15) is 37.9 Å². The van der Waals surface area contributed by atoms with Crippen LogP contribution in [-0.2, 0) is 6.42 Å². The van der Waals surface area contributed by atoms with Crippen molar-refractivity contribution in [2.24, 2.45) is 0 Å². The fraction of sp³-hybridized carbons (Fsp3) is 0.462. The average molecular weight is 342 g/mol. The van der Waals surface area contributed by atoms with Gasteiger partial charge in [-0.1, -0.05) is 24.9 Å². The Morgan fingerprint density at radius 2 is 2.21 bits per heavy atom. The van der Waals surface area contributed by atoms with E-state index in [2.05, 4.69) is 42.4 Å². The number of hydrogen-bond acceptors (Lipinski definition) is 3. The predicted octanol–water partition coefficient (Wildman–Crippen LogP) is 4.04. The van der Waals surface area contributed by atoms with Gasteiger partial charge >= 0.3 is 0 Å². The predicted molar refractivity (Wildman–Crippen MR) is 78.2 cm³/mol. The summed E-state index contributed by atoms with van der Waals surface area (Å²) in [6, 6.07) is 0.554. The second-order valence-corrected chi connectivity index (χ2v) is 5.92. The van der Waals surface area contributed by atoms with Gasteiger partial charge < -0.3 is 4.57 Å². The van der Waals surface area contributed by atoms with Crippen LogP contribution in [0, 0.1) is 0 Å². The summed E-state index contributed by atoms with van der Waals surface area (Å²) in [6.45, 7) is 2.12. The van der Waals surface area contributed by atoms with Crippen LogP contribution in [0.15, 0.2) is 17.0 Å². The summed E-state index contributed by atoms with van der Waals surface area (Å²) in [5, 5.41) is 0.469. The number of hydrogen-bond donors (Lipinski definition) is 0. The molecule has 0 aliphatic heterocycles. The van der Waals surface area contributed by atoms with Crippen LogP contribution in [0.5, 0.6) is 0 Å². The van der Waals surface area contributed by atoms with Crippen LogP contribution in [0.25, 0.3) is 11.5 Å². The van der Waals surface area contributed by atoms with Crippen molar-refractivity contribution >= 4 is 27.5 Å². The molecule has 3 rings (SSSR count). The summed E-state index contributed by atoms with van der Waals surface area (Å²) < 4.78 is 2.95. The molecule has 0 spiro atoms. The van der Waals surface area contributed by atoms with Gasteiger partial charge in [-0.2, -0.15) is 0 Å².